The maximum Gasteiger partial charge on any atom is 0.257 e. The first-order valence-corrected chi connectivity index (χ1v) is 9.74. The van der Waals surface area contributed by atoms with Crippen LogP contribution in [0.25, 0.3) is 22.6 Å². The molecule has 3 aromatic carbocycles. The van der Waals surface area contributed by atoms with Crippen LogP contribution in [-0.2, 0) is 0 Å². The van der Waals surface area contributed by atoms with Crippen molar-refractivity contribution in [3.05, 3.63) is 77.3 Å². The average molecular weight is 438 g/mol. The molecule has 0 saturated carbocycles. The molecule has 0 unspecified atom stereocenters. The number of aromatic nitrogens is 1. The number of amides is 1. The standard InChI is InChI=1S/C22H16ClN3O3S/c1-28-15-9-6-13(7-10-15)20(27)26-22(30)24-14-8-11-17(23)16(12-14)21-25-18-4-2-3-5-19(18)29-21/h2-12H,1H3,(H2,24,26,27,30). The van der Waals surface area contributed by atoms with Gasteiger partial charge in [-0.15, -0.1) is 0 Å². The van der Waals surface area contributed by atoms with Gasteiger partial charge in [0.1, 0.15) is 11.3 Å². The molecule has 6 nitrogen and oxygen atoms in total. The van der Waals surface area contributed by atoms with Gasteiger partial charge >= 0.3 is 0 Å². The van der Waals surface area contributed by atoms with E-state index in [0.29, 0.717) is 39.1 Å². The van der Waals surface area contributed by atoms with Gasteiger partial charge in [0.15, 0.2) is 10.7 Å². The Morgan fingerprint density at radius 3 is 2.60 bits per heavy atom. The minimum Gasteiger partial charge on any atom is -0.497 e. The van der Waals surface area contributed by atoms with Crippen LogP contribution in [0, 0.1) is 0 Å². The number of hydrogen-bond donors (Lipinski definition) is 2. The summed E-state index contributed by atoms with van der Waals surface area (Å²) in [5, 5.41) is 6.27. The molecule has 4 aromatic rings. The van der Waals surface area contributed by atoms with Gasteiger partial charge in [-0.2, -0.15) is 0 Å². The molecule has 150 valence electrons. The zero-order valence-corrected chi connectivity index (χ0v) is 17.4. The van der Waals surface area contributed by atoms with Crippen LogP contribution in [0.2, 0.25) is 5.02 Å². The molecule has 0 spiro atoms. The van der Waals surface area contributed by atoms with Crippen molar-refractivity contribution >= 4 is 51.6 Å². The van der Waals surface area contributed by atoms with Crippen LogP contribution in [0.1, 0.15) is 10.4 Å². The number of para-hydroxylation sites is 2. The van der Waals surface area contributed by atoms with Crippen molar-refractivity contribution < 1.29 is 13.9 Å². The number of benzene rings is 3. The van der Waals surface area contributed by atoms with E-state index in [0.717, 1.165) is 5.52 Å². The van der Waals surface area contributed by atoms with Crippen LogP contribution in [0.15, 0.2) is 71.1 Å². The van der Waals surface area contributed by atoms with Gasteiger partial charge in [-0.1, -0.05) is 23.7 Å². The predicted octanol–water partition coefficient (Wildman–Crippen LogP) is 5.28. The second-order valence-electron chi connectivity index (χ2n) is 6.32. The van der Waals surface area contributed by atoms with E-state index in [1.165, 1.54) is 0 Å². The highest BCUT2D eigenvalue weighted by atomic mass is 35.5. The van der Waals surface area contributed by atoms with Crippen molar-refractivity contribution in [3.8, 4) is 17.2 Å². The Labute approximate surface area is 182 Å². The summed E-state index contributed by atoms with van der Waals surface area (Å²) in [6.07, 6.45) is 0. The summed E-state index contributed by atoms with van der Waals surface area (Å²) in [4.78, 5) is 16.8. The summed E-state index contributed by atoms with van der Waals surface area (Å²) >= 11 is 11.6. The van der Waals surface area contributed by atoms with E-state index in [9.17, 15) is 4.79 Å². The second-order valence-corrected chi connectivity index (χ2v) is 7.13. The van der Waals surface area contributed by atoms with E-state index in [1.807, 2.05) is 24.3 Å². The number of fused-ring (bicyclic) bond motifs is 1. The molecule has 1 aromatic heterocycles. The number of rotatable bonds is 4. The van der Waals surface area contributed by atoms with Crippen LogP contribution >= 0.6 is 23.8 Å². The van der Waals surface area contributed by atoms with Crippen molar-refractivity contribution in [2.24, 2.45) is 0 Å². The van der Waals surface area contributed by atoms with Crippen LogP contribution < -0.4 is 15.4 Å². The summed E-state index contributed by atoms with van der Waals surface area (Å²) in [6, 6.07) is 19.4. The Morgan fingerprint density at radius 1 is 1.10 bits per heavy atom. The molecule has 2 N–H and O–H groups in total. The zero-order chi connectivity index (χ0) is 21.1. The Morgan fingerprint density at radius 2 is 1.87 bits per heavy atom. The number of carbonyl (C=O) groups excluding carboxylic acids is 1. The quantitative estimate of drug-likeness (QED) is 0.423. The summed E-state index contributed by atoms with van der Waals surface area (Å²) in [5.41, 5.74) is 3.12. The number of nitrogens with zero attached hydrogens (tertiary/aromatic N) is 1. The van der Waals surface area contributed by atoms with E-state index in [4.69, 9.17) is 33.0 Å². The fourth-order valence-electron chi connectivity index (χ4n) is 2.83. The molecule has 0 aliphatic heterocycles. The third-order valence-electron chi connectivity index (χ3n) is 4.33. The molecule has 0 atom stereocenters. The first-order chi connectivity index (χ1) is 14.5. The lowest BCUT2D eigenvalue weighted by atomic mass is 10.2. The number of anilines is 1. The molecule has 1 amide bonds. The van der Waals surface area contributed by atoms with Gasteiger partial charge in [-0.3, -0.25) is 10.1 Å². The lowest BCUT2D eigenvalue weighted by Crippen LogP contribution is -2.34. The number of carbonyl (C=O) groups is 1. The molecule has 4 rings (SSSR count). The van der Waals surface area contributed by atoms with Gasteiger partial charge in [-0.25, -0.2) is 4.98 Å². The SMILES string of the molecule is COc1ccc(C(=O)NC(=S)Nc2ccc(Cl)c(-c3nc4ccccc4o3)c2)cc1. The highest BCUT2D eigenvalue weighted by Crippen LogP contribution is 2.32. The molecular formula is C22H16ClN3O3S. The molecule has 0 saturated heterocycles. The van der Waals surface area contributed by atoms with Crippen LogP contribution in [0.4, 0.5) is 5.69 Å². The van der Waals surface area contributed by atoms with Crippen molar-refractivity contribution in [3.63, 3.8) is 0 Å². The summed E-state index contributed by atoms with van der Waals surface area (Å²) in [5.74, 6) is 0.737. The lowest BCUT2D eigenvalue weighted by molar-refractivity contribution is 0.0977. The Kier molecular flexibility index (Phi) is 5.65. The molecule has 1 heterocycles. The van der Waals surface area contributed by atoms with Gasteiger partial charge in [-0.05, 0) is 66.8 Å². The number of halogens is 1. The number of ether oxygens (including phenoxy) is 1. The van der Waals surface area contributed by atoms with E-state index < -0.39 is 0 Å². The fourth-order valence-corrected chi connectivity index (χ4v) is 3.24. The summed E-state index contributed by atoms with van der Waals surface area (Å²) < 4.78 is 10.9. The topological polar surface area (TPSA) is 76.4 Å². The minimum atomic E-state index is -0.330. The van der Waals surface area contributed by atoms with Gasteiger partial charge in [0.25, 0.3) is 5.91 Å². The Hall–Kier alpha value is -3.42. The Bertz CT molecular complexity index is 1210. The number of thiocarbonyl (C=S) groups is 1. The van der Waals surface area contributed by atoms with Gasteiger partial charge in [0.2, 0.25) is 5.89 Å². The third-order valence-corrected chi connectivity index (χ3v) is 4.86. The van der Waals surface area contributed by atoms with Gasteiger partial charge < -0.3 is 14.5 Å². The number of oxazole rings is 1. The van der Waals surface area contributed by atoms with Gasteiger partial charge in [0.05, 0.1) is 17.7 Å². The summed E-state index contributed by atoms with van der Waals surface area (Å²) in [7, 11) is 1.56. The van der Waals surface area contributed by atoms with Crippen molar-refractivity contribution in [2.45, 2.75) is 0 Å². The van der Waals surface area contributed by atoms with E-state index >= 15 is 0 Å². The second kappa shape index (κ2) is 8.52. The van der Waals surface area contributed by atoms with Crippen molar-refractivity contribution in [2.75, 3.05) is 12.4 Å². The minimum absolute atomic E-state index is 0.154. The van der Waals surface area contributed by atoms with Crippen molar-refractivity contribution in [1.82, 2.24) is 10.3 Å². The number of nitrogens with one attached hydrogen (secondary N) is 2. The predicted molar refractivity (Wildman–Crippen MR) is 121 cm³/mol. The molecular weight excluding hydrogens is 422 g/mol. The lowest BCUT2D eigenvalue weighted by Gasteiger charge is -2.11. The Balaban J connectivity index is 1.49. The smallest absolute Gasteiger partial charge is 0.257 e. The molecule has 8 heteroatoms. The van der Waals surface area contributed by atoms with Crippen LogP contribution in [0.5, 0.6) is 5.75 Å². The first kappa shape index (κ1) is 19.9. The maximum absolute atomic E-state index is 12.4. The van der Waals surface area contributed by atoms with E-state index in [-0.39, 0.29) is 11.0 Å². The number of methoxy groups -OCH3 is 1. The largest absolute Gasteiger partial charge is 0.497 e. The summed E-state index contributed by atoms with van der Waals surface area (Å²) in [6.45, 7) is 0. The van der Waals surface area contributed by atoms with Crippen LogP contribution in [-0.4, -0.2) is 23.1 Å². The maximum atomic E-state index is 12.4. The fraction of sp³-hybridized carbons (Fsp3) is 0.0455. The van der Waals surface area contributed by atoms with E-state index in [1.54, 1.807) is 49.6 Å². The highest BCUT2D eigenvalue weighted by molar-refractivity contribution is 7.80. The average Bonchev–Trinajstić information content (AvgIpc) is 3.19. The number of hydrogen-bond acceptors (Lipinski definition) is 5. The van der Waals surface area contributed by atoms with E-state index in [2.05, 4.69) is 15.6 Å². The van der Waals surface area contributed by atoms with Crippen molar-refractivity contribution in [1.29, 1.82) is 0 Å². The highest BCUT2D eigenvalue weighted by Gasteiger charge is 2.14. The molecule has 0 aliphatic rings. The first-order valence-electron chi connectivity index (χ1n) is 8.95. The van der Waals surface area contributed by atoms with Crippen LogP contribution in [0.3, 0.4) is 0 Å². The molecule has 0 bridgehead atoms. The molecule has 0 fully saturated rings. The monoisotopic (exact) mass is 437 g/mol. The third kappa shape index (κ3) is 4.27. The normalized spacial score (nSPS) is 10.6. The molecule has 30 heavy (non-hydrogen) atoms. The molecule has 0 radical (unpaired) electrons. The molecule has 0 aliphatic carbocycles. The van der Waals surface area contributed by atoms with Gasteiger partial charge in [0, 0.05) is 11.3 Å². The zero-order valence-electron chi connectivity index (χ0n) is 15.8.